The number of nitrogens with zero attached hydrogens (tertiary/aromatic N) is 3. The van der Waals surface area contributed by atoms with Crippen LogP contribution >= 0.6 is 0 Å². The summed E-state index contributed by atoms with van der Waals surface area (Å²) in [6, 6.07) is 5.16. The number of hydrogen-bond donors (Lipinski definition) is 3. The van der Waals surface area contributed by atoms with Gasteiger partial charge in [-0.3, -0.25) is 19.6 Å². The summed E-state index contributed by atoms with van der Waals surface area (Å²) in [6.45, 7) is 3.20. The van der Waals surface area contributed by atoms with Gasteiger partial charge in [0.1, 0.15) is 11.5 Å². The van der Waals surface area contributed by atoms with E-state index in [0.29, 0.717) is 19.8 Å². The van der Waals surface area contributed by atoms with E-state index < -0.39 is 11.2 Å². The lowest BCUT2D eigenvalue weighted by molar-refractivity contribution is 0.0950. The van der Waals surface area contributed by atoms with E-state index in [2.05, 4.69) is 30.2 Å². The minimum Gasteiger partial charge on any atom is -0.378 e. The number of rotatable bonds is 4. The Kier molecular flexibility index (Phi) is 4.85. The second-order valence-corrected chi connectivity index (χ2v) is 6.33. The van der Waals surface area contributed by atoms with Crippen molar-refractivity contribution in [3.8, 4) is 0 Å². The summed E-state index contributed by atoms with van der Waals surface area (Å²) in [6.07, 6.45) is 3.03. The Morgan fingerprint density at radius 3 is 2.82 bits per heavy atom. The Morgan fingerprint density at radius 1 is 1.18 bits per heavy atom. The Bertz CT molecular complexity index is 1130. The van der Waals surface area contributed by atoms with Gasteiger partial charge in [0.2, 0.25) is 0 Å². The fourth-order valence-corrected chi connectivity index (χ4v) is 2.99. The monoisotopic (exact) mass is 382 g/mol. The number of pyridine rings is 2. The molecule has 1 aliphatic heterocycles. The molecule has 3 aromatic rings. The number of carbonyl (C=O) groups excluding carboxylic acids is 1. The molecule has 10 heteroatoms. The third-order valence-electron chi connectivity index (χ3n) is 4.45. The van der Waals surface area contributed by atoms with E-state index in [1.165, 1.54) is 12.3 Å². The quantitative estimate of drug-likeness (QED) is 0.568. The van der Waals surface area contributed by atoms with Crippen LogP contribution in [0.5, 0.6) is 0 Å². The van der Waals surface area contributed by atoms with E-state index in [1.54, 1.807) is 6.20 Å². The first kappa shape index (κ1) is 17.9. The first-order valence-corrected chi connectivity index (χ1v) is 8.78. The smallest absolute Gasteiger partial charge is 0.327 e. The third-order valence-corrected chi connectivity index (χ3v) is 4.45. The van der Waals surface area contributed by atoms with Crippen LogP contribution < -0.4 is 21.5 Å². The lowest BCUT2D eigenvalue weighted by Gasteiger charge is -2.28. The molecule has 1 fully saturated rings. The molecule has 4 rings (SSSR count). The van der Waals surface area contributed by atoms with Gasteiger partial charge in [0.05, 0.1) is 24.2 Å². The maximum atomic E-state index is 12.4. The second-order valence-electron chi connectivity index (χ2n) is 6.33. The van der Waals surface area contributed by atoms with E-state index >= 15 is 0 Å². The van der Waals surface area contributed by atoms with Crippen molar-refractivity contribution in [1.29, 1.82) is 0 Å². The summed E-state index contributed by atoms with van der Waals surface area (Å²) in [7, 11) is 0. The molecule has 144 valence electrons. The molecule has 0 bridgehead atoms. The van der Waals surface area contributed by atoms with Crippen LogP contribution in [0.25, 0.3) is 11.0 Å². The Morgan fingerprint density at radius 2 is 2.00 bits per heavy atom. The molecular formula is C18H18N6O4. The molecule has 4 heterocycles. The van der Waals surface area contributed by atoms with Gasteiger partial charge in [0.15, 0.2) is 0 Å². The molecule has 0 saturated carbocycles. The van der Waals surface area contributed by atoms with Crippen LogP contribution in [0.1, 0.15) is 15.9 Å². The first-order valence-electron chi connectivity index (χ1n) is 8.78. The number of aromatic nitrogens is 4. The van der Waals surface area contributed by atoms with Crippen LogP contribution in [0.4, 0.5) is 5.82 Å². The zero-order chi connectivity index (χ0) is 19.5. The molecule has 0 spiro atoms. The highest BCUT2D eigenvalue weighted by Crippen LogP contribution is 2.14. The van der Waals surface area contributed by atoms with Crippen molar-refractivity contribution in [2.45, 2.75) is 6.54 Å². The Balaban J connectivity index is 1.48. The lowest BCUT2D eigenvalue weighted by atomic mass is 10.2. The van der Waals surface area contributed by atoms with Gasteiger partial charge in [-0.05, 0) is 23.8 Å². The largest absolute Gasteiger partial charge is 0.378 e. The van der Waals surface area contributed by atoms with Crippen LogP contribution in [-0.2, 0) is 11.3 Å². The van der Waals surface area contributed by atoms with Crippen LogP contribution in [0, 0.1) is 0 Å². The van der Waals surface area contributed by atoms with Gasteiger partial charge in [0.25, 0.3) is 11.5 Å². The van der Waals surface area contributed by atoms with Crippen molar-refractivity contribution >= 4 is 22.8 Å². The highest BCUT2D eigenvalue weighted by Gasteiger charge is 2.13. The van der Waals surface area contributed by atoms with E-state index in [0.717, 1.165) is 24.5 Å². The molecule has 1 aliphatic rings. The number of anilines is 1. The van der Waals surface area contributed by atoms with Crippen LogP contribution in [0.3, 0.4) is 0 Å². The topological polar surface area (TPSA) is 133 Å². The molecule has 3 N–H and O–H groups in total. The molecule has 1 amide bonds. The van der Waals surface area contributed by atoms with Gasteiger partial charge in [0, 0.05) is 32.0 Å². The number of fused-ring (bicyclic) bond motifs is 1. The maximum Gasteiger partial charge on any atom is 0.327 e. The zero-order valence-electron chi connectivity index (χ0n) is 14.9. The lowest BCUT2D eigenvalue weighted by Crippen LogP contribution is -2.36. The number of amides is 1. The average Bonchev–Trinajstić information content (AvgIpc) is 2.72. The summed E-state index contributed by atoms with van der Waals surface area (Å²) < 4.78 is 5.35. The number of ether oxygens (including phenoxy) is 1. The number of morpholine rings is 1. The number of nitrogens with one attached hydrogen (secondary N) is 3. The summed E-state index contributed by atoms with van der Waals surface area (Å²) in [4.78, 5) is 50.6. The SMILES string of the molecule is O=C(NCc1ccnc(N2CCOCC2)c1)c1cnc2[nH]c(=O)[nH]c(=O)c2c1. The van der Waals surface area contributed by atoms with Crippen LogP contribution in [0.15, 0.2) is 40.2 Å². The third kappa shape index (κ3) is 3.76. The fourth-order valence-electron chi connectivity index (χ4n) is 2.99. The zero-order valence-corrected chi connectivity index (χ0v) is 14.9. The summed E-state index contributed by atoms with van der Waals surface area (Å²) in [5.74, 6) is 0.475. The maximum absolute atomic E-state index is 12.4. The van der Waals surface area contributed by atoms with E-state index in [-0.39, 0.29) is 22.5 Å². The summed E-state index contributed by atoms with van der Waals surface area (Å²) >= 11 is 0. The molecule has 0 radical (unpaired) electrons. The average molecular weight is 382 g/mol. The highest BCUT2D eigenvalue weighted by atomic mass is 16.5. The summed E-state index contributed by atoms with van der Waals surface area (Å²) in [5.41, 5.74) is 0.0315. The number of H-pyrrole nitrogens is 2. The summed E-state index contributed by atoms with van der Waals surface area (Å²) in [5, 5.41) is 2.95. The normalized spacial score (nSPS) is 14.2. The Labute approximate surface area is 158 Å². The Hall–Kier alpha value is -3.53. The van der Waals surface area contributed by atoms with Gasteiger partial charge in [-0.15, -0.1) is 0 Å². The molecule has 0 atom stereocenters. The van der Waals surface area contributed by atoms with Crippen molar-refractivity contribution in [3.05, 3.63) is 62.6 Å². The molecule has 0 unspecified atom stereocenters. The predicted molar refractivity (Wildman–Crippen MR) is 101 cm³/mol. The molecular weight excluding hydrogens is 364 g/mol. The number of aromatic amines is 2. The van der Waals surface area contributed by atoms with E-state index in [4.69, 9.17) is 4.74 Å². The first-order chi connectivity index (χ1) is 13.6. The van der Waals surface area contributed by atoms with E-state index in [9.17, 15) is 14.4 Å². The van der Waals surface area contributed by atoms with E-state index in [1.807, 2.05) is 12.1 Å². The standard InChI is InChI=1S/C18H18N6O4/c25-16(12-8-13-15(20-10-12)22-18(27)23-17(13)26)21-9-11-1-2-19-14(7-11)24-3-5-28-6-4-24/h1-2,7-8,10H,3-6,9H2,(H,21,25)(H2,20,22,23,26,27). The molecule has 1 saturated heterocycles. The van der Waals surface area contributed by atoms with Crippen LogP contribution in [-0.4, -0.2) is 52.1 Å². The number of carbonyl (C=O) groups is 1. The van der Waals surface area contributed by atoms with Crippen molar-refractivity contribution in [2.75, 3.05) is 31.2 Å². The van der Waals surface area contributed by atoms with Crippen molar-refractivity contribution < 1.29 is 9.53 Å². The van der Waals surface area contributed by atoms with Crippen LogP contribution in [0.2, 0.25) is 0 Å². The number of hydrogen-bond acceptors (Lipinski definition) is 7. The minimum atomic E-state index is -0.643. The van der Waals surface area contributed by atoms with Gasteiger partial charge < -0.3 is 15.0 Å². The van der Waals surface area contributed by atoms with Gasteiger partial charge in [-0.1, -0.05) is 0 Å². The van der Waals surface area contributed by atoms with Crippen molar-refractivity contribution in [1.82, 2.24) is 25.3 Å². The second kappa shape index (κ2) is 7.61. The van der Waals surface area contributed by atoms with Gasteiger partial charge >= 0.3 is 5.69 Å². The molecule has 0 aliphatic carbocycles. The molecule has 3 aromatic heterocycles. The molecule has 28 heavy (non-hydrogen) atoms. The predicted octanol–water partition coefficient (Wildman–Crippen LogP) is -0.227. The van der Waals surface area contributed by atoms with Crippen molar-refractivity contribution in [2.24, 2.45) is 0 Å². The fraction of sp³-hybridized carbons (Fsp3) is 0.278. The highest BCUT2D eigenvalue weighted by molar-refractivity contribution is 5.96. The van der Waals surface area contributed by atoms with Crippen molar-refractivity contribution in [3.63, 3.8) is 0 Å². The van der Waals surface area contributed by atoms with Gasteiger partial charge in [-0.2, -0.15) is 0 Å². The molecule has 0 aromatic carbocycles. The molecule has 10 nitrogen and oxygen atoms in total. The minimum absolute atomic E-state index is 0.134. The van der Waals surface area contributed by atoms with Gasteiger partial charge in [-0.25, -0.2) is 14.8 Å².